The van der Waals surface area contributed by atoms with Gasteiger partial charge in [-0.1, -0.05) is 63.1 Å². The van der Waals surface area contributed by atoms with Crippen molar-refractivity contribution in [2.75, 3.05) is 20.8 Å². The Labute approximate surface area is 220 Å². The Morgan fingerprint density at radius 2 is 1.86 bits per heavy atom. The standard InChI is InChI=1S/C30H39NO6/c1-6-8-15-22(12-7-2)27-25(35-4)17-23(18-26(27)36-5)28(32)20(3)29(33)31-24(19-37-30(31)34)16-21-13-10-9-11-14-21/h7,9-11,13-14,17-18,20,22,24,28,32H,2,6,8,12,15-16,19H2,1,3-5H3/t20-,22+,24-,28-/m0/s1. The highest BCUT2D eigenvalue weighted by molar-refractivity contribution is 5.95. The molecule has 0 bridgehead atoms. The van der Waals surface area contributed by atoms with Crippen LogP contribution in [0.3, 0.4) is 0 Å². The van der Waals surface area contributed by atoms with Gasteiger partial charge in [-0.2, -0.15) is 0 Å². The summed E-state index contributed by atoms with van der Waals surface area (Å²) in [6.45, 7) is 7.80. The number of carbonyl (C=O) groups excluding carboxylic acids is 2. The molecule has 0 spiro atoms. The third-order valence-electron chi connectivity index (χ3n) is 7.05. The maximum absolute atomic E-state index is 13.5. The van der Waals surface area contributed by atoms with Crippen molar-refractivity contribution in [2.24, 2.45) is 5.92 Å². The maximum atomic E-state index is 13.5. The summed E-state index contributed by atoms with van der Waals surface area (Å²) in [5.41, 5.74) is 2.41. The number of ether oxygens (including phenoxy) is 3. The van der Waals surface area contributed by atoms with Crippen molar-refractivity contribution < 1.29 is 28.9 Å². The molecule has 1 aliphatic heterocycles. The Morgan fingerprint density at radius 1 is 1.22 bits per heavy atom. The van der Waals surface area contributed by atoms with Crippen LogP contribution in [0.15, 0.2) is 55.1 Å². The molecule has 1 saturated heterocycles. The van der Waals surface area contributed by atoms with Crippen LogP contribution in [0, 0.1) is 5.92 Å². The number of amides is 2. The van der Waals surface area contributed by atoms with Crippen LogP contribution in [0.1, 0.15) is 68.2 Å². The number of unbranched alkanes of at least 4 members (excludes halogenated alkanes) is 1. The highest BCUT2D eigenvalue weighted by Crippen LogP contribution is 2.43. The lowest BCUT2D eigenvalue weighted by Gasteiger charge is -2.27. The van der Waals surface area contributed by atoms with Gasteiger partial charge in [0.2, 0.25) is 5.91 Å². The Bertz CT molecular complexity index is 1040. The van der Waals surface area contributed by atoms with Gasteiger partial charge < -0.3 is 19.3 Å². The number of aliphatic hydroxyl groups is 1. The van der Waals surface area contributed by atoms with E-state index in [1.54, 1.807) is 33.3 Å². The number of benzene rings is 2. The Balaban J connectivity index is 1.87. The molecule has 1 heterocycles. The predicted octanol–water partition coefficient (Wildman–Crippen LogP) is 5.81. The lowest BCUT2D eigenvalue weighted by atomic mass is 9.86. The topological polar surface area (TPSA) is 85.3 Å². The van der Waals surface area contributed by atoms with Crippen molar-refractivity contribution in [3.63, 3.8) is 0 Å². The Hall–Kier alpha value is -3.32. The average Bonchev–Trinajstić information content (AvgIpc) is 3.28. The van der Waals surface area contributed by atoms with Crippen LogP contribution in [-0.4, -0.2) is 48.9 Å². The number of methoxy groups -OCH3 is 2. The molecule has 0 radical (unpaired) electrons. The molecule has 1 aliphatic rings. The van der Waals surface area contributed by atoms with Crippen molar-refractivity contribution in [1.29, 1.82) is 0 Å². The van der Waals surface area contributed by atoms with E-state index in [2.05, 4.69) is 13.5 Å². The van der Waals surface area contributed by atoms with Crippen LogP contribution >= 0.6 is 0 Å². The number of rotatable bonds is 13. The normalized spacial score (nSPS) is 17.6. The maximum Gasteiger partial charge on any atom is 0.416 e. The number of cyclic esters (lactones) is 1. The number of hydrogen-bond donors (Lipinski definition) is 1. The Morgan fingerprint density at radius 3 is 2.43 bits per heavy atom. The van der Waals surface area contributed by atoms with Crippen molar-refractivity contribution in [2.45, 2.75) is 64.0 Å². The third kappa shape index (κ3) is 6.52. The molecule has 37 heavy (non-hydrogen) atoms. The minimum Gasteiger partial charge on any atom is -0.496 e. The summed E-state index contributed by atoms with van der Waals surface area (Å²) in [4.78, 5) is 27.1. The summed E-state index contributed by atoms with van der Waals surface area (Å²) < 4.78 is 16.7. The van der Waals surface area contributed by atoms with Gasteiger partial charge >= 0.3 is 6.09 Å². The van der Waals surface area contributed by atoms with Crippen LogP contribution in [0.2, 0.25) is 0 Å². The van der Waals surface area contributed by atoms with Crippen LogP contribution in [0.5, 0.6) is 11.5 Å². The summed E-state index contributed by atoms with van der Waals surface area (Å²) in [5, 5.41) is 11.3. The van der Waals surface area contributed by atoms with Crippen LogP contribution in [0.25, 0.3) is 0 Å². The molecule has 2 aromatic carbocycles. The van der Waals surface area contributed by atoms with E-state index in [0.29, 0.717) is 23.5 Å². The van der Waals surface area contributed by atoms with E-state index in [0.717, 1.165) is 41.7 Å². The first-order chi connectivity index (χ1) is 17.9. The molecule has 2 amide bonds. The monoisotopic (exact) mass is 509 g/mol. The van der Waals surface area contributed by atoms with Crippen molar-refractivity contribution in [3.8, 4) is 11.5 Å². The fourth-order valence-corrected chi connectivity index (χ4v) is 4.97. The molecule has 1 N–H and O–H groups in total. The predicted molar refractivity (Wildman–Crippen MR) is 143 cm³/mol. The van der Waals surface area contributed by atoms with Crippen molar-refractivity contribution in [3.05, 3.63) is 71.8 Å². The fourth-order valence-electron chi connectivity index (χ4n) is 4.97. The molecule has 7 nitrogen and oxygen atoms in total. The molecular formula is C30H39NO6. The number of nitrogens with zero attached hydrogens (tertiary/aromatic N) is 1. The Kier molecular flexibility index (Phi) is 10.1. The molecule has 1 fully saturated rings. The van der Waals surface area contributed by atoms with E-state index in [1.165, 1.54) is 0 Å². The fraction of sp³-hybridized carbons (Fsp3) is 0.467. The number of imide groups is 1. The summed E-state index contributed by atoms with van der Waals surface area (Å²) in [6, 6.07) is 12.7. The minimum absolute atomic E-state index is 0.126. The smallest absolute Gasteiger partial charge is 0.416 e. The van der Waals surface area contributed by atoms with Gasteiger partial charge in [0.05, 0.1) is 32.3 Å². The van der Waals surface area contributed by atoms with Gasteiger partial charge in [-0.15, -0.1) is 6.58 Å². The second-order valence-corrected chi connectivity index (χ2v) is 9.56. The highest BCUT2D eigenvalue weighted by atomic mass is 16.6. The molecule has 0 aliphatic carbocycles. The number of carbonyl (C=O) groups is 2. The van der Waals surface area contributed by atoms with E-state index < -0.39 is 30.1 Å². The lowest BCUT2D eigenvalue weighted by Crippen LogP contribution is -2.44. The zero-order valence-corrected chi connectivity index (χ0v) is 22.3. The molecular weight excluding hydrogens is 470 g/mol. The molecule has 200 valence electrons. The third-order valence-corrected chi connectivity index (χ3v) is 7.05. The van der Waals surface area contributed by atoms with Gasteiger partial charge in [0.15, 0.2) is 0 Å². The van der Waals surface area contributed by atoms with Crippen LogP contribution < -0.4 is 9.47 Å². The first-order valence-electron chi connectivity index (χ1n) is 12.9. The van der Waals surface area contributed by atoms with Gasteiger partial charge in [-0.05, 0) is 48.4 Å². The zero-order valence-electron chi connectivity index (χ0n) is 22.3. The molecule has 7 heteroatoms. The first kappa shape index (κ1) is 28.3. The van der Waals surface area contributed by atoms with Gasteiger partial charge in [0.1, 0.15) is 18.1 Å². The summed E-state index contributed by atoms with van der Waals surface area (Å²) in [6.07, 6.45) is 4.36. The van der Waals surface area contributed by atoms with Crippen molar-refractivity contribution in [1.82, 2.24) is 4.90 Å². The SMILES string of the molecule is C=CC[C@H](CCCC)c1c(OC)cc([C@@H](O)[C@H](C)C(=O)N2C(=O)OC[C@@H]2Cc2ccccc2)cc1OC. The highest BCUT2D eigenvalue weighted by Gasteiger charge is 2.41. The first-order valence-corrected chi connectivity index (χ1v) is 12.9. The van der Waals surface area contributed by atoms with E-state index >= 15 is 0 Å². The van der Waals surface area contributed by atoms with E-state index in [4.69, 9.17) is 14.2 Å². The average molecular weight is 510 g/mol. The molecule has 0 saturated carbocycles. The largest absolute Gasteiger partial charge is 0.496 e. The van der Waals surface area contributed by atoms with Gasteiger partial charge in [-0.25, -0.2) is 9.69 Å². The molecule has 4 atom stereocenters. The minimum atomic E-state index is -1.18. The molecule has 0 unspecified atom stereocenters. The number of allylic oxidation sites excluding steroid dienone is 1. The van der Waals surface area contributed by atoms with Gasteiger partial charge in [0, 0.05) is 5.56 Å². The number of aliphatic hydroxyl groups excluding tert-OH is 1. The summed E-state index contributed by atoms with van der Waals surface area (Å²) in [7, 11) is 3.17. The van der Waals surface area contributed by atoms with Gasteiger partial charge in [0.25, 0.3) is 0 Å². The second-order valence-electron chi connectivity index (χ2n) is 9.56. The number of hydrogen-bond acceptors (Lipinski definition) is 6. The van der Waals surface area contributed by atoms with E-state index in [1.807, 2.05) is 36.4 Å². The van der Waals surface area contributed by atoms with Crippen LogP contribution in [0.4, 0.5) is 4.79 Å². The molecule has 2 aromatic rings. The van der Waals surface area contributed by atoms with Crippen molar-refractivity contribution >= 4 is 12.0 Å². The second kappa shape index (κ2) is 13.3. The molecule has 0 aromatic heterocycles. The van der Waals surface area contributed by atoms with E-state index in [-0.39, 0.29) is 12.5 Å². The summed E-state index contributed by atoms with van der Waals surface area (Å²) >= 11 is 0. The van der Waals surface area contributed by atoms with Gasteiger partial charge in [-0.3, -0.25) is 4.79 Å². The summed E-state index contributed by atoms with van der Waals surface area (Å²) in [5.74, 6) is -0.0264. The van der Waals surface area contributed by atoms with E-state index in [9.17, 15) is 14.7 Å². The molecule has 3 rings (SSSR count). The van der Waals surface area contributed by atoms with Crippen LogP contribution in [-0.2, 0) is 16.0 Å². The zero-order chi connectivity index (χ0) is 26.9. The quantitative estimate of drug-likeness (QED) is 0.343. The lowest BCUT2D eigenvalue weighted by molar-refractivity contribution is -0.136.